The van der Waals surface area contributed by atoms with E-state index in [4.69, 9.17) is 4.74 Å². The van der Waals surface area contributed by atoms with E-state index in [1.165, 1.54) is 0 Å². The number of ether oxygens (including phenoxy) is 1. The van der Waals surface area contributed by atoms with E-state index in [2.05, 4.69) is 32.3 Å². The molecule has 0 saturated carbocycles. The number of rotatable bonds is 4. The fraction of sp³-hybridized carbons (Fsp3) is 0.308. The zero-order valence-electron chi connectivity index (χ0n) is 9.90. The Labute approximate surface area is 109 Å². The summed E-state index contributed by atoms with van der Waals surface area (Å²) in [5, 5.41) is 4.50. The molecule has 0 aliphatic heterocycles. The van der Waals surface area contributed by atoms with Crippen LogP contribution in [0.15, 0.2) is 34.9 Å². The van der Waals surface area contributed by atoms with Gasteiger partial charge in [-0.05, 0) is 31.2 Å². The predicted molar refractivity (Wildman–Crippen MR) is 74.4 cm³/mol. The lowest BCUT2D eigenvalue weighted by atomic mass is 10.2. The van der Waals surface area contributed by atoms with Gasteiger partial charge in [0.15, 0.2) is 0 Å². The zero-order valence-corrected chi connectivity index (χ0v) is 11.5. The third-order valence-electron chi connectivity index (χ3n) is 2.69. The second-order valence-electron chi connectivity index (χ2n) is 3.95. The van der Waals surface area contributed by atoms with Crippen molar-refractivity contribution in [2.24, 2.45) is 0 Å². The summed E-state index contributed by atoms with van der Waals surface area (Å²) in [4.78, 5) is 4.35. The lowest BCUT2D eigenvalue weighted by molar-refractivity contribution is 0.129. The minimum atomic E-state index is 0.189. The second-order valence-corrected chi connectivity index (χ2v) is 4.86. The fourth-order valence-corrected chi connectivity index (χ4v) is 1.96. The molecule has 17 heavy (non-hydrogen) atoms. The SMILES string of the molecule is COC(C)CNc1ccnc2cc(Br)ccc12. The molecule has 0 saturated heterocycles. The predicted octanol–water partition coefficient (Wildman–Crippen LogP) is 3.44. The number of nitrogens with one attached hydrogen (secondary N) is 1. The Balaban J connectivity index is 2.28. The Morgan fingerprint density at radius 2 is 2.24 bits per heavy atom. The van der Waals surface area contributed by atoms with Crippen LogP contribution in [0.1, 0.15) is 6.92 Å². The normalized spacial score (nSPS) is 12.6. The van der Waals surface area contributed by atoms with Crippen LogP contribution in [0.25, 0.3) is 10.9 Å². The number of anilines is 1. The van der Waals surface area contributed by atoms with Crippen molar-refractivity contribution in [1.29, 1.82) is 0 Å². The molecule has 1 unspecified atom stereocenters. The van der Waals surface area contributed by atoms with Gasteiger partial charge in [-0.15, -0.1) is 0 Å². The Kier molecular flexibility index (Phi) is 3.97. The van der Waals surface area contributed by atoms with Crippen molar-refractivity contribution in [3.05, 3.63) is 34.9 Å². The lowest BCUT2D eigenvalue weighted by Crippen LogP contribution is -2.18. The number of methoxy groups -OCH3 is 1. The van der Waals surface area contributed by atoms with Gasteiger partial charge in [0, 0.05) is 35.4 Å². The fourth-order valence-electron chi connectivity index (χ4n) is 1.61. The summed E-state index contributed by atoms with van der Waals surface area (Å²) >= 11 is 3.45. The van der Waals surface area contributed by atoms with Gasteiger partial charge in [-0.25, -0.2) is 0 Å². The zero-order chi connectivity index (χ0) is 12.3. The number of aromatic nitrogens is 1. The van der Waals surface area contributed by atoms with Gasteiger partial charge >= 0.3 is 0 Å². The second kappa shape index (κ2) is 5.47. The largest absolute Gasteiger partial charge is 0.382 e. The van der Waals surface area contributed by atoms with E-state index in [9.17, 15) is 0 Å². The molecule has 0 amide bonds. The summed E-state index contributed by atoms with van der Waals surface area (Å²) in [6, 6.07) is 8.08. The highest BCUT2D eigenvalue weighted by atomic mass is 79.9. The third-order valence-corrected chi connectivity index (χ3v) is 3.18. The number of benzene rings is 1. The molecule has 0 fully saturated rings. The van der Waals surface area contributed by atoms with Gasteiger partial charge in [-0.1, -0.05) is 15.9 Å². The van der Waals surface area contributed by atoms with Crippen LogP contribution >= 0.6 is 15.9 Å². The molecule has 2 aromatic rings. The number of fused-ring (bicyclic) bond motifs is 1. The molecule has 1 aromatic heterocycles. The van der Waals surface area contributed by atoms with E-state index in [1.54, 1.807) is 7.11 Å². The van der Waals surface area contributed by atoms with Crippen LogP contribution in [0.5, 0.6) is 0 Å². The van der Waals surface area contributed by atoms with Gasteiger partial charge in [0.25, 0.3) is 0 Å². The first-order valence-corrected chi connectivity index (χ1v) is 6.31. The summed E-state index contributed by atoms with van der Waals surface area (Å²) in [5.74, 6) is 0. The van der Waals surface area contributed by atoms with E-state index in [0.717, 1.165) is 27.6 Å². The summed E-state index contributed by atoms with van der Waals surface area (Å²) in [7, 11) is 1.72. The lowest BCUT2D eigenvalue weighted by Gasteiger charge is -2.13. The van der Waals surface area contributed by atoms with Crippen molar-refractivity contribution >= 4 is 32.5 Å². The molecule has 4 heteroatoms. The van der Waals surface area contributed by atoms with Gasteiger partial charge < -0.3 is 10.1 Å². The van der Waals surface area contributed by atoms with E-state index in [1.807, 2.05) is 31.3 Å². The minimum absolute atomic E-state index is 0.189. The van der Waals surface area contributed by atoms with Crippen molar-refractivity contribution in [2.45, 2.75) is 13.0 Å². The number of pyridine rings is 1. The van der Waals surface area contributed by atoms with E-state index in [-0.39, 0.29) is 6.10 Å². The molecular weight excluding hydrogens is 280 g/mol. The highest BCUT2D eigenvalue weighted by Gasteiger charge is 2.04. The first kappa shape index (κ1) is 12.3. The first-order chi connectivity index (χ1) is 8.20. The molecule has 90 valence electrons. The molecule has 0 spiro atoms. The maximum Gasteiger partial charge on any atom is 0.0733 e. The number of hydrogen-bond donors (Lipinski definition) is 1. The van der Waals surface area contributed by atoms with Crippen molar-refractivity contribution < 1.29 is 4.74 Å². The molecule has 1 aromatic carbocycles. The van der Waals surface area contributed by atoms with Crippen LogP contribution in [0.2, 0.25) is 0 Å². The van der Waals surface area contributed by atoms with Gasteiger partial charge in [-0.2, -0.15) is 0 Å². The minimum Gasteiger partial charge on any atom is -0.382 e. The van der Waals surface area contributed by atoms with Gasteiger partial charge in [0.05, 0.1) is 11.6 Å². The summed E-state index contributed by atoms with van der Waals surface area (Å²) in [6.45, 7) is 2.82. The van der Waals surface area contributed by atoms with Crippen LogP contribution in [0.4, 0.5) is 5.69 Å². The molecule has 1 N–H and O–H groups in total. The summed E-state index contributed by atoms with van der Waals surface area (Å²) in [6.07, 6.45) is 2.00. The van der Waals surface area contributed by atoms with Gasteiger partial charge in [-0.3, -0.25) is 4.98 Å². The standard InChI is InChI=1S/C13H15BrN2O/c1-9(17-2)8-16-12-5-6-15-13-7-10(14)3-4-11(12)13/h3-7,9H,8H2,1-2H3,(H,15,16). The molecule has 0 bridgehead atoms. The number of nitrogens with zero attached hydrogens (tertiary/aromatic N) is 1. The van der Waals surface area contributed by atoms with Crippen molar-refractivity contribution in [1.82, 2.24) is 4.98 Å². The Bertz CT molecular complexity index is 516. The van der Waals surface area contributed by atoms with Crippen molar-refractivity contribution in [3.63, 3.8) is 0 Å². The summed E-state index contributed by atoms with van der Waals surface area (Å²) < 4.78 is 6.26. The highest BCUT2D eigenvalue weighted by Crippen LogP contribution is 2.24. The van der Waals surface area contributed by atoms with Crippen LogP contribution < -0.4 is 5.32 Å². The maximum atomic E-state index is 5.22. The molecule has 1 atom stereocenters. The van der Waals surface area contributed by atoms with Crippen LogP contribution in [-0.2, 0) is 4.74 Å². The van der Waals surface area contributed by atoms with Gasteiger partial charge in [0.2, 0.25) is 0 Å². The topological polar surface area (TPSA) is 34.1 Å². The molecule has 2 rings (SSSR count). The quantitative estimate of drug-likeness (QED) is 0.938. The Morgan fingerprint density at radius 3 is 3.00 bits per heavy atom. The van der Waals surface area contributed by atoms with Gasteiger partial charge in [0.1, 0.15) is 0 Å². The highest BCUT2D eigenvalue weighted by molar-refractivity contribution is 9.10. The average Bonchev–Trinajstić information content (AvgIpc) is 2.35. The molecule has 0 aliphatic rings. The molecule has 0 aliphatic carbocycles. The number of halogens is 1. The molecule has 0 radical (unpaired) electrons. The van der Waals surface area contributed by atoms with Crippen LogP contribution in [-0.4, -0.2) is 24.7 Å². The van der Waals surface area contributed by atoms with E-state index in [0.29, 0.717) is 0 Å². The smallest absolute Gasteiger partial charge is 0.0733 e. The first-order valence-electron chi connectivity index (χ1n) is 5.51. The van der Waals surface area contributed by atoms with E-state index >= 15 is 0 Å². The summed E-state index contributed by atoms with van der Waals surface area (Å²) in [5.41, 5.74) is 2.07. The monoisotopic (exact) mass is 294 g/mol. The average molecular weight is 295 g/mol. The maximum absolute atomic E-state index is 5.22. The Hall–Kier alpha value is -1.13. The molecule has 3 nitrogen and oxygen atoms in total. The molecule has 1 heterocycles. The van der Waals surface area contributed by atoms with Crippen molar-refractivity contribution in [3.8, 4) is 0 Å². The van der Waals surface area contributed by atoms with Crippen molar-refractivity contribution in [2.75, 3.05) is 19.0 Å². The number of hydrogen-bond acceptors (Lipinski definition) is 3. The van der Waals surface area contributed by atoms with Crippen LogP contribution in [0, 0.1) is 0 Å². The third kappa shape index (κ3) is 2.96. The van der Waals surface area contributed by atoms with Crippen LogP contribution in [0.3, 0.4) is 0 Å². The molecular formula is C13H15BrN2O. The Morgan fingerprint density at radius 1 is 1.41 bits per heavy atom. The van der Waals surface area contributed by atoms with E-state index < -0.39 is 0 Å².